The second kappa shape index (κ2) is 6.52. The fraction of sp³-hybridized carbons (Fsp3) is 0.400. The number of amides is 1. The Kier molecular flexibility index (Phi) is 4.74. The van der Waals surface area contributed by atoms with Gasteiger partial charge >= 0.3 is 0 Å². The summed E-state index contributed by atoms with van der Waals surface area (Å²) in [6.07, 6.45) is 2.67. The molecule has 0 saturated heterocycles. The van der Waals surface area contributed by atoms with Crippen molar-refractivity contribution < 1.29 is 14.3 Å². The maximum absolute atomic E-state index is 13.1. The van der Waals surface area contributed by atoms with Gasteiger partial charge in [-0.05, 0) is 36.1 Å². The lowest BCUT2D eigenvalue weighted by Gasteiger charge is -2.10. The Morgan fingerprint density at radius 2 is 2.30 bits per heavy atom. The van der Waals surface area contributed by atoms with E-state index in [1.54, 1.807) is 12.3 Å². The third-order valence-corrected chi connectivity index (χ3v) is 3.35. The molecule has 4 nitrogen and oxygen atoms in total. The predicted molar refractivity (Wildman–Crippen MR) is 75.8 cm³/mol. The van der Waals surface area contributed by atoms with Crippen molar-refractivity contribution in [2.45, 2.75) is 19.8 Å². The Bertz CT molecular complexity index is 595. The van der Waals surface area contributed by atoms with Gasteiger partial charge in [-0.25, -0.2) is 4.39 Å². The lowest BCUT2D eigenvalue weighted by molar-refractivity contribution is -0.120. The molecule has 1 unspecified atom stereocenters. The normalized spacial score (nSPS) is 12.6. The van der Waals surface area contributed by atoms with Gasteiger partial charge in [-0.1, -0.05) is 6.92 Å². The number of H-pyrrole nitrogens is 1. The molecule has 20 heavy (non-hydrogen) atoms. The van der Waals surface area contributed by atoms with Crippen molar-refractivity contribution in [3.8, 4) is 0 Å². The predicted octanol–water partition coefficient (Wildman–Crippen LogP) is 1.98. The van der Waals surface area contributed by atoms with Gasteiger partial charge < -0.3 is 15.4 Å². The van der Waals surface area contributed by atoms with E-state index in [-0.39, 0.29) is 30.7 Å². The van der Waals surface area contributed by atoms with Crippen LogP contribution in [0, 0.1) is 11.7 Å². The highest BCUT2D eigenvalue weighted by molar-refractivity contribution is 5.88. The van der Waals surface area contributed by atoms with Crippen LogP contribution in [0.2, 0.25) is 0 Å². The zero-order valence-electron chi connectivity index (χ0n) is 11.4. The Labute approximate surface area is 117 Å². The van der Waals surface area contributed by atoms with E-state index in [4.69, 9.17) is 5.11 Å². The van der Waals surface area contributed by atoms with Crippen molar-refractivity contribution >= 4 is 16.8 Å². The van der Waals surface area contributed by atoms with Gasteiger partial charge in [0.1, 0.15) is 5.82 Å². The summed E-state index contributed by atoms with van der Waals surface area (Å²) in [4.78, 5) is 14.8. The highest BCUT2D eigenvalue weighted by atomic mass is 19.1. The van der Waals surface area contributed by atoms with Crippen LogP contribution in [-0.2, 0) is 11.2 Å². The van der Waals surface area contributed by atoms with Crippen molar-refractivity contribution in [1.82, 2.24) is 10.3 Å². The molecule has 2 rings (SSSR count). The Hall–Kier alpha value is -1.88. The fourth-order valence-electron chi connectivity index (χ4n) is 2.15. The molecule has 0 aliphatic rings. The number of carbonyl (C=O) groups is 1. The molecule has 1 aromatic carbocycles. The summed E-state index contributed by atoms with van der Waals surface area (Å²) in [5, 5.41) is 12.5. The first-order valence-corrected chi connectivity index (χ1v) is 6.73. The summed E-state index contributed by atoms with van der Waals surface area (Å²) >= 11 is 0. The molecule has 108 valence electrons. The van der Waals surface area contributed by atoms with E-state index in [9.17, 15) is 9.18 Å². The SMILES string of the molecule is CC(CCO)CNC(=O)Cc1c[nH]c2cc(F)ccc12. The number of aromatic nitrogens is 1. The van der Waals surface area contributed by atoms with E-state index in [0.29, 0.717) is 18.5 Å². The Morgan fingerprint density at radius 3 is 3.05 bits per heavy atom. The maximum Gasteiger partial charge on any atom is 0.224 e. The summed E-state index contributed by atoms with van der Waals surface area (Å²) in [5.41, 5.74) is 1.55. The Morgan fingerprint density at radius 1 is 1.50 bits per heavy atom. The molecule has 1 amide bonds. The monoisotopic (exact) mass is 278 g/mol. The number of halogens is 1. The summed E-state index contributed by atoms with van der Waals surface area (Å²) in [6, 6.07) is 4.49. The largest absolute Gasteiger partial charge is 0.396 e. The maximum atomic E-state index is 13.1. The van der Waals surface area contributed by atoms with Crippen LogP contribution in [0.25, 0.3) is 10.9 Å². The number of hydrogen-bond donors (Lipinski definition) is 3. The molecule has 1 atom stereocenters. The number of aromatic amines is 1. The molecule has 3 N–H and O–H groups in total. The molecule has 1 aromatic heterocycles. The van der Waals surface area contributed by atoms with Gasteiger partial charge in [-0.2, -0.15) is 0 Å². The molecule has 0 bridgehead atoms. The highest BCUT2D eigenvalue weighted by Gasteiger charge is 2.10. The average Bonchev–Trinajstić information content (AvgIpc) is 2.79. The molecule has 0 aliphatic heterocycles. The topological polar surface area (TPSA) is 65.1 Å². The van der Waals surface area contributed by atoms with Gasteiger partial charge in [-0.15, -0.1) is 0 Å². The van der Waals surface area contributed by atoms with Gasteiger partial charge in [0.05, 0.1) is 6.42 Å². The zero-order valence-corrected chi connectivity index (χ0v) is 11.4. The zero-order chi connectivity index (χ0) is 14.5. The molecular formula is C15H19FN2O2. The number of nitrogens with one attached hydrogen (secondary N) is 2. The van der Waals surface area contributed by atoms with Gasteiger partial charge in [0.2, 0.25) is 5.91 Å². The van der Waals surface area contributed by atoms with Gasteiger partial charge in [0, 0.05) is 30.3 Å². The summed E-state index contributed by atoms with van der Waals surface area (Å²) in [7, 11) is 0. The molecule has 0 aliphatic carbocycles. The first-order chi connectivity index (χ1) is 9.60. The number of aliphatic hydroxyl groups excluding tert-OH is 1. The number of carbonyl (C=O) groups excluding carboxylic acids is 1. The van der Waals surface area contributed by atoms with E-state index in [0.717, 1.165) is 10.9 Å². The van der Waals surface area contributed by atoms with E-state index < -0.39 is 0 Å². The number of aliphatic hydroxyl groups is 1. The van der Waals surface area contributed by atoms with Gasteiger partial charge in [0.15, 0.2) is 0 Å². The molecular weight excluding hydrogens is 259 g/mol. The molecule has 1 heterocycles. The molecule has 2 aromatic rings. The van der Waals surface area contributed by atoms with Crippen molar-refractivity contribution in [1.29, 1.82) is 0 Å². The van der Waals surface area contributed by atoms with Crippen molar-refractivity contribution in [3.63, 3.8) is 0 Å². The van der Waals surface area contributed by atoms with E-state index in [1.165, 1.54) is 12.1 Å². The molecule has 0 fully saturated rings. The van der Waals surface area contributed by atoms with Crippen LogP contribution >= 0.6 is 0 Å². The van der Waals surface area contributed by atoms with E-state index in [1.807, 2.05) is 6.92 Å². The average molecular weight is 278 g/mol. The minimum absolute atomic E-state index is 0.0694. The fourth-order valence-corrected chi connectivity index (χ4v) is 2.15. The van der Waals surface area contributed by atoms with Crippen LogP contribution in [-0.4, -0.2) is 29.1 Å². The second-order valence-electron chi connectivity index (χ2n) is 5.10. The molecule has 5 heteroatoms. The van der Waals surface area contributed by atoms with Crippen LogP contribution in [0.5, 0.6) is 0 Å². The van der Waals surface area contributed by atoms with Crippen molar-refractivity contribution in [3.05, 3.63) is 35.8 Å². The van der Waals surface area contributed by atoms with Crippen LogP contribution in [0.3, 0.4) is 0 Å². The van der Waals surface area contributed by atoms with Crippen molar-refractivity contribution in [2.75, 3.05) is 13.2 Å². The number of fused-ring (bicyclic) bond motifs is 1. The van der Waals surface area contributed by atoms with Crippen LogP contribution in [0.1, 0.15) is 18.9 Å². The van der Waals surface area contributed by atoms with Gasteiger partial charge in [0.25, 0.3) is 0 Å². The molecule has 0 radical (unpaired) electrons. The highest BCUT2D eigenvalue weighted by Crippen LogP contribution is 2.19. The first kappa shape index (κ1) is 14.5. The van der Waals surface area contributed by atoms with Crippen LogP contribution in [0.4, 0.5) is 4.39 Å². The number of benzene rings is 1. The lowest BCUT2D eigenvalue weighted by Crippen LogP contribution is -2.29. The van der Waals surface area contributed by atoms with E-state index in [2.05, 4.69) is 10.3 Å². The minimum atomic E-state index is -0.298. The van der Waals surface area contributed by atoms with E-state index >= 15 is 0 Å². The van der Waals surface area contributed by atoms with Crippen LogP contribution in [0.15, 0.2) is 24.4 Å². The quantitative estimate of drug-likeness (QED) is 0.756. The smallest absolute Gasteiger partial charge is 0.224 e. The first-order valence-electron chi connectivity index (χ1n) is 6.73. The Balaban J connectivity index is 1.96. The molecule has 0 saturated carbocycles. The summed E-state index contributed by atoms with van der Waals surface area (Å²) < 4.78 is 13.1. The third-order valence-electron chi connectivity index (χ3n) is 3.35. The summed E-state index contributed by atoms with van der Waals surface area (Å²) in [5.74, 6) is -0.116. The lowest BCUT2D eigenvalue weighted by atomic mass is 10.1. The third kappa shape index (κ3) is 3.57. The minimum Gasteiger partial charge on any atom is -0.396 e. The van der Waals surface area contributed by atoms with Gasteiger partial charge in [-0.3, -0.25) is 4.79 Å². The molecule has 0 spiro atoms. The second-order valence-corrected chi connectivity index (χ2v) is 5.10. The standard InChI is InChI=1S/C15H19FN2O2/c1-10(4-5-19)8-18-15(20)6-11-9-17-14-7-12(16)2-3-13(11)14/h2-3,7,9-10,17,19H,4-6,8H2,1H3,(H,18,20). The van der Waals surface area contributed by atoms with Crippen LogP contribution < -0.4 is 5.32 Å². The summed E-state index contributed by atoms with van der Waals surface area (Å²) in [6.45, 7) is 2.66. The van der Waals surface area contributed by atoms with Crippen molar-refractivity contribution in [2.24, 2.45) is 5.92 Å². The number of hydrogen-bond acceptors (Lipinski definition) is 2. The number of rotatable bonds is 6.